The summed E-state index contributed by atoms with van der Waals surface area (Å²) in [6.45, 7) is 5.70. The first-order chi connectivity index (χ1) is 13.8. The van der Waals surface area contributed by atoms with Crippen LogP contribution in [0.1, 0.15) is 28.5 Å². The second-order valence-electron chi connectivity index (χ2n) is 7.70. The van der Waals surface area contributed by atoms with E-state index in [0.717, 1.165) is 10.2 Å². The Kier molecular flexibility index (Phi) is 5.27. The number of piperazine rings is 1. The van der Waals surface area contributed by atoms with Gasteiger partial charge in [-0.2, -0.15) is 4.31 Å². The monoisotopic (exact) mass is 431 g/mol. The number of sulfonamides is 1. The number of nitrogens with zero attached hydrogens (tertiary/aromatic N) is 3. The highest BCUT2D eigenvalue weighted by Crippen LogP contribution is 2.28. The largest absolute Gasteiger partial charge is 0.334 e. The Labute approximate surface area is 175 Å². The van der Waals surface area contributed by atoms with Crippen LogP contribution in [0.15, 0.2) is 41.8 Å². The first-order valence-corrected chi connectivity index (χ1v) is 12.4. The van der Waals surface area contributed by atoms with E-state index in [1.165, 1.54) is 21.7 Å². The molecule has 1 aromatic carbocycles. The lowest BCUT2D eigenvalue weighted by atomic mass is 10.1. The summed E-state index contributed by atoms with van der Waals surface area (Å²) in [5.41, 5.74) is 3.04. The fourth-order valence-corrected chi connectivity index (χ4v) is 6.08. The Morgan fingerprint density at radius 3 is 2.66 bits per heavy atom. The SMILES string of the molecule is Cc1ccccc1Cn1c(C(=O)N2CCN(S(C)(=O)=O)C(C)C2)cc2ccsc21. The van der Waals surface area contributed by atoms with Crippen molar-refractivity contribution in [3.8, 4) is 0 Å². The lowest BCUT2D eigenvalue weighted by Crippen LogP contribution is -2.55. The summed E-state index contributed by atoms with van der Waals surface area (Å²) in [7, 11) is -3.26. The van der Waals surface area contributed by atoms with E-state index in [0.29, 0.717) is 31.9 Å². The summed E-state index contributed by atoms with van der Waals surface area (Å²) >= 11 is 1.63. The van der Waals surface area contributed by atoms with Gasteiger partial charge in [0.15, 0.2) is 0 Å². The minimum absolute atomic E-state index is 0.0398. The molecule has 29 heavy (non-hydrogen) atoms. The van der Waals surface area contributed by atoms with Crippen molar-refractivity contribution in [1.82, 2.24) is 13.8 Å². The average molecular weight is 432 g/mol. The van der Waals surface area contributed by atoms with E-state index < -0.39 is 10.0 Å². The molecule has 1 aliphatic heterocycles. The van der Waals surface area contributed by atoms with Gasteiger partial charge in [0.05, 0.1) is 6.26 Å². The number of rotatable bonds is 4. The zero-order chi connectivity index (χ0) is 20.8. The van der Waals surface area contributed by atoms with Crippen LogP contribution in [0.5, 0.6) is 0 Å². The Morgan fingerprint density at radius 2 is 1.97 bits per heavy atom. The molecule has 6 nitrogen and oxygen atoms in total. The van der Waals surface area contributed by atoms with Gasteiger partial charge in [-0.05, 0) is 42.5 Å². The zero-order valence-corrected chi connectivity index (χ0v) is 18.5. The summed E-state index contributed by atoms with van der Waals surface area (Å²) in [5, 5.41) is 3.11. The second kappa shape index (κ2) is 7.59. The maximum absolute atomic E-state index is 13.4. The molecule has 1 aliphatic rings. The third-order valence-electron chi connectivity index (χ3n) is 5.59. The highest BCUT2D eigenvalue weighted by Gasteiger charge is 2.33. The van der Waals surface area contributed by atoms with Crippen molar-refractivity contribution in [2.75, 3.05) is 25.9 Å². The van der Waals surface area contributed by atoms with E-state index >= 15 is 0 Å². The van der Waals surface area contributed by atoms with Crippen molar-refractivity contribution in [2.45, 2.75) is 26.4 Å². The number of aromatic nitrogens is 1. The lowest BCUT2D eigenvalue weighted by Gasteiger charge is -2.38. The van der Waals surface area contributed by atoms with Crippen LogP contribution in [-0.4, -0.2) is 60.0 Å². The first kappa shape index (κ1) is 20.1. The molecule has 1 amide bonds. The van der Waals surface area contributed by atoms with Gasteiger partial charge in [-0.15, -0.1) is 11.3 Å². The number of fused-ring (bicyclic) bond motifs is 1. The Morgan fingerprint density at radius 1 is 1.21 bits per heavy atom. The topological polar surface area (TPSA) is 62.6 Å². The van der Waals surface area contributed by atoms with Crippen molar-refractivity contribution >= 4 is 37.5 Å². The molecule has 2 aromatic heterocycles. The number of aryl methyl sites for hydroxylation is 1. The third kappa shape index (κ3) is 3.84. The molecule has 1 unspecified atom stereocenters. The molecule has 1 fully saturated rings. The van der Waals surface area contributed by atoms with Crippen molar-refractivity contribution in [3.05, 3.63) is 58.6 Å². The molecule has 0 spiro atoms. The molecule has 0 N–H and O–H groups in total. The zero-order valence-electron chi connectivity index (χ0n) is 16.8. The Bertz CT molecular complexity index is 1160. The Balaban J connectivity index is 1.65. The molecule has 154 valence electrons. The smallest absolute Gasteiger partial charge is 0.270 e. The van der Waals surface area contributed by atoms with Gasteiger partial charge in [0.2, 0.25) is 10.0 Å². The van der Waals surface area contributed by atoms with Crippen LogP contribution in [0.3, 0.4) is 0 Å². The summed E-state index contributed by atoms with van der Waals surface area (Å²) < 4.78 is 27.4. The highest BCUT2D eigenvalue weighted by molar-refractivity contribution is 7.88. The van der Waals surface area contributed by atoms with Gasteiger partial charge in [0.1, 0.15) is 10.5 Å². The van der Waals surface area contributed by atoms with Crippen molar-refractivity contribution < 1.29 is 13.2 Å². The first-order valence-electron chi connectivity index (χ1n) is 9.63. The predicted octanol–water partition coefficient (Wildman–Crippen LogP) is 3.17. The highest BCUT2D eigenvalue weighted by atomic mass is 32.2. The average Bonchev–Trinajstić information content (AvgIpc) is 3.24. The van der Waals surface area contributed by atoms with Gasteiger partial charge in [-0.1, -0.05) is 24.3 Å². The van der Waals surface area contributed by atoms with Gasteiger partial charge in [0.25, 0.3) is 5.91 Å². The maximum atomic E-state index is 13.4. The second-order valence-corrected chi connectivity index (χ2v) is 10.5. The molecule has 1 atom stereocenters. The van der Waals surface area contributed by atoms with Crippen LogP contribution in [0, 0.1) is 6.92 Å². The fraction of sp³-hybridized carbons (Fsp3) is 0.381. The van der Waals surface area contributed by atoms with Crippen LogP contribution in [0.2, 0.25) is 0 Å². The van der Waals surface area contributed by atoms with E-state index in [1.54, 1.807) is 16.2 Å². The van der Waals surface area contributed by atoms with E-state index in [2.05, 4.69) is 23.6 Å². The standard InChI is InChI=1S/C21H25N3O3S2/c1-15-6-4-5-7-18(15)14-23-19(12-17-8-11-28-21(17)23)20(25)22-9-10-24(16(2)13-22)29(3,26)27/h4-8,11-12,16H,9-10,13-14H2,1-3H3. The van der Waals surface area contributed by atoms with Gasteiger partial charge in [-0.3, -0.25) is 4.79 Å². The number of carbonyl (C=O) groups is 1. The van der Waals surface area contributed by atoms with E-state index in [1.807, 2.05) is 36.6 Å². The number of benzene rings is 1. The molecule has 4 rings (SSSR count). The number of amides is 1. The van der Waals surface area contributed by atoms with Crippen LogP contribution >= 0.6 is 11.3 Å². The third-order valence-corrected chi connectivity index (χ3v) is 7.94. The van der Waals surface area contributed by atoms with Gasteiger partial charge >= 0.3 is 0 Å². The van der Waals surface area contributed by atoms with Gasteiger partial charge < -0.3 is 9.47 Å². The van der Waals surface area contributed by atoms with Crippen LogP contribution in [0.4, 0.5) is 0 Å². The molecule has 0 saturated carbocycles. The Hall–Kier alpha value is -2.16. The number of thiophene rings is 1. The summed E-state index contributed by atoms with van der Waals surface area (Å²) in [4.78, 5) is 16.3. The molecule has 0 radical (unpaired) electrons. The van der Waals surface area contributed by atoms with Gasteiger partial charge in [-0.25, -0.2) is 8.42 Å². The van der Waals surface area contributed by atoms with E-state index in [-0.39, 0.29) is 11.9 Å². The van der Waals surface area contributed by atoms with Gasteiger partial charge in [0, 0.05) is 37.6 Å². The van der Waals surface area contributed by atoms with Crippen LogP contribution in [-0.2, 0) is 16.6 Å². The minimum Gasteiger partial charge on any atom is -0.334 e. The molecular formula is C21H25N3O3S2. The minimum atomic E-state index is -3.26. The molecular weight excluding hydrogens is 406 g/mol. The summed E-state index contributed by atoms with van der Waals surface area (Å²) in [6, 6.07) is 12.0. The van der Waals surface area contributed by atoms with E-state index in [4.69, 9.17) is 0 Å². The molecule has 3 heterocycles. The van der Waals surface area contributed by atoms with Crippen molar-refractivity contribution in [1.29, 1.82) is 0 Å². The van der Waals surface area contributed by atoms with Crippen molar-refractivity contribution in [3.63, 3.8) is 0 Å². The molecule has 0 bridgehead atoms. The van der Waals surface area contributed by atoms with Crippen molar-refractivity contribution in [2.24, 2.45) is 0 Å². The summed E-state index contributed by atoms with van der Waals surface area (Å²) in [5.74, 6) is -0.0398. The van der Waals surface area contributed by atoms with Crippen LogP contribution < -0.4 is 0 Å². The molecule has 8 heteroatoms. The molecule has 1 saturated heterocycles. The normalized spacial score (nSPS) is 18.4. The van der Waals surface area contributed by atoms with Crippen LogP contribution in [0.25, 0.3) is 10.2 Å². The summed E-state index contributed by atoms with van der Waals surface area (Å²) in [6.07, 6.45) is 1.22. The van der Waals surface area contributed by atoms with E-state index in [9.17, 15) is 13.2 Å². The fourth-order valence-electron chi connectivity index (χ4n) is 4.05. The predicted molar refractivity (Wildman–Crippen MR) is 117 cm³/mol. The molecule has 3 aromatic rings. The quantitative estimate of drug-likeness (QED) is 0.637. The number of carbonyl (C=O) groups excluding carboxylic acids is 1. The molecule has 0 aliphatic carbocycles. The maximum Gasteiger partial charge on any atom is 0.270 e. The number of hydrogen-bond donors (Lipinski definition) is 0. The number of hydrogen-bond acceptors (Lipinski definition) is 4. The lowest BCUT2D eigenvalue weighted by molar-refractivity contribution is 0.0633.